The van der Waals surface area contributed by atoms with Gasteiger partial charge in [0.2, 0.25) is 0 Å². The molecule has 8 nitrogen and oxygen atoms in total. The Kier molecular flexibility index (Phi) is 4.60. The van der Waals surface area contributed by atoms with Gasteiger partial charge in [-0.15, -0.1) is 0 Å². The van der Waals surface area contributed by atoms with E-state index in [2.05, 4.69) is 20.2 Å². The van der Waals surface area contributed by atoms with E-state index in [4.69, 9.17) is 4.74 Å². The van der Waals surface area contributed by atoms with Gasteiger partial charge in [0.1, 0.15) is 12.1 Å². The van der Waals surface area contributed by atoms with Crippen molar-refractivity contribution >= 4 is 17.1 Å². The van der Waals surface area contributed by atoms with Crippen molar-refractivity contribution in [2.45, 2.75) is 32.8 Å². The van der Waals surface area contributed by atoms with Crippen molar-refractivity contribution in [2.75, 3.05) is 7.11 Å². The minimum absolute atomic E-state index is 0.0731. The van der Waals surface area contributed by atoms with Crippen LogP contribution < -0.4 is 0 Å². The third-order valence-electron chi connectivity index (χ3n) is 4.64. The van der Waals surface area contributed by atoms with Crippen molar-refractivity contribution in [3.63, 3.8) is 0 Å². The first-order chi connectivity index (χ1) is 13.5. The number of halogens is 1. The van der Waals surface area contributed by atoms with E-state index in [9.17, 15) is 9.18 Å². The second kappa shape index (κ2) is 7.08. The first-order valence-electron chi connectivity index (χ1n) is 8.82. The van der Waals surface area contributed by atoms with E-state index in [1.165, 1.54) is 16.9 Å². The van der Waals surface area contributed by atoms with Gasteiger partial charge in [0.15, 0.2) is 17.1 Å². The lowest BCUT2D eigenvalue weighted by atomic mass is 10.0. The van der Waals surface area contributed by atoms with E-state index in [1.54, 1.807) is 24.0 Å². The van der Waals surface area contributed by atoms with Crippen molar-refractivity contribution in [1.82, 2.24) is 29.2 Å². The summed E-state index contributed by atoms with van der Waals surface area (Å²) in [6.07, 6.45) is 4.51. The van der Waals surface area contributed by atoms with Crippen LogP contribution in [0.3, 0.4) is 0 Å². The normalized spacial score (nSPS) is 12.7. The van der Waals surface area contributed by atoms with E-state index in [0.717, 1.165) is 17.0 Å². The Balaban J connectivity index is 1.64. The van der Waals surface area contributed by atoms with Crippen LogP contribution in [0.25, 0.3) is 11.3 Å². The molecule has 4 heterocycles. The number of aryl methyl sites for hydroxylation is 1. The third kappa shape index (κ3) is 3.24. The second-order valence-corrected chi connectivity index (χ2v) is 6.72. The number of Topliss-reactive ketones (excluding diaryl/α,β-unsaturated/α-hetero) is 1. The van der Waals surface area contributed by atoms with Crippen molar-refractivity contribution in [3.8, 4) is 0 Å². The molecule has 0 spiro atoms. The Morgan fingerprint density at radius 2 is 2.11 bits per heavy atom. The van der Waals surface area contributed by atoms with Gasteiger partial charge in [0, 0.05) is 44.0 Å². The summed E-state index contributed by atoms with van der Waals surface area (Å²) in [6, 6.07) is 3.19. The Bertz CT molecular complexity index is 1180. The predicted molar refractivity (Wildman–Crippen MR) is 98.5 cm³/mol. The highest BCUT2D eigenvalue weighted by Crippen LogP contribution is 2.22. The van der Waals surface area contributed by atoms with Crippen LogP contribution >= 0.6 is 0 Å². The van der Waals surface area contributed by atoms with Gasteiger partial charge in [0.05, 0.1) is 17.5 Å². The van der Waals surface area contributed by atoms with Crippen LogP contribution in [-0.2, 0) is 22.4 Å². The molecule has 0 aliphatic carbocycles. The minimum Gasteiger partial charge on any atom is -0.375 e. The van der Waals surface area contributed by atoms with E-state index in [1.807, 2.05) is 19.9 Å². The predicted octanol–water partition coefficient (Wildman–Crippen LogP) is 2.28. The number of fused-ring (bicyclic) bond motifs is 2. The molecular formula is C19H19FN6O2. The van der Waals surface area contributed by atoms with Crippen LogP contribution in [0.15, 0.2) is 30.9 Å². The monoisotopic (exact) mass is 382 g/mol. The fourth-order valence-corrected chi connectivity index (χ4v) is 3.32. The lowest BCUT2D eigenvalue weighted by molar-refractivity contribution is -0.117. The molecule has 0 aliphatic rings. The number of pyridine rings is 1. The Morgan fingerprint density at radius 3 is 2.89 bits per heavy atom. The zero-order valence-electron chi connectivity index (χ0n) is 15.8. The zero-order chi connectivity index (χ0) is 19.8. The van der Waals surface area contributed by atoms with E-state index in [-0.39, 0.29) is 30.4 Å². The van der Waals surface area contributed by atoms with Crippen molar-refractivity contribution in [1.29, 1.82) is 0 Å². The van der Waals surface area contributed by atoms with Gasteiger partial charge in [0.25, 0.3) is 0 Å². The quantitative estimate of drug-likeness (QED) is 0.508. The largest absolute Gasteiger partial charge is 0.375 e. The van der Waals surface area contributed by atoms with E-state index >= 15 is 0 Å². The van der Waals surface area contributed by atoms with Crippen molar-refractivity contribution < 1.29 is 13.9 Å². The average molecular weight is 382 g/mol. The Hall–Kier alpha value is -3.20. The van der Waals surface area contributed by atoms with Gasteiger partial charge in [-0.2, -0.15) is 10.2 Å². The number of carbonyl (C=O) groups is 1. The number of carbonyl (C=O) groups excluding carboxylic acids is 1. The maximum absolute atomic E-state index is 14.1. The number of hydrogen-bond acceptors (Lipinski definition) is 6. The van der Waals surface area contributed by atoms with Crippen molar-refractivity contribution in [3.05, 3.63) is 59.2 Å². The van der Waals surface area contributed by atoms with E-state index < -0.39 is 5.82 Å². The lowest BCUT2D eigenvalue weighted by Crippen LogP contribution is -2.15. The highest BCUT2D eigenvalue weighted by Gasteiger charge is 2.19. The first kappa shape index (κ1) is 18.2. The summed E-state index contributed by atoms with van der Waals surface area (Å²) in [7, 11) is 1.61. The molecule has 0 aromatic carbocycles. The van der Waals surface area contributed by atoms with Crippen molar-refractivity contribution in [2.24, 2.45) is 0 Å². The first-order valence-corrected chi connectivity index (χ1v) is 8.82. The molecule has 0 unspecified atom stereocenters. The maximum Gasteiger partial charge on any atom is 0.191 e. The highest BCUT2D eigenvalue weighted by atomic mass is 19.1. The number of methoxy groups -OCH3 is 1. The van der Waals surface area contributed by atoms with Gasteiger partial charge in [-0.25, -0.2) is 23.4 Å². The number of hydrogen-bond donors (Lipinski definition) is 0. The molecule has 0 aliphatic heterocycles. The summed E-state index contributed by atoms with van der Waals surface area (Å²) < 4.78 is 22.6. The molecule has 1 atom stereocenters. The molecule has 4 rings (SSSR count). The molecule has 0 N–H and O–H groups in total. The minimum atomic E-state index is -0.508. The van der Waals surface area contributed by atoms with Gasteiger partial charge >= 0.3 is 0 Å². The van der Waals surface area contributed by atoms with Gasteiger partial charge in [-0.3, -0.25) is 4.79 Å². The fourth-order valence-electron chi connectivity index (χ4n) is 3.32. The molecule has 0 saturated heterocycles. The third-order valence-corrected chi connectivity index (χ3v) is 4.64. The smallest absolute Gasteiger partial charge is 0.191 e. The molecule has 0 saturated carbocycles. The lowest BCUT2D eigenvalue weighted by Gasteiger charge is -2.16. The standard InChI is InChI=1S/C19H19FN6O2/c1-11-4-17-21-8-14(18(12(2)28-3)26(17)24-11)7-15(27)5-13-6-16(20)19-22-10-23-25(19)9-13/h4,6,8-10,12H,5,7H2,1-3H3/t12-/m0/s1. The number of ketones is 1. The molecule has 144 valence electrons. The molecule has 4 aromatic rings. The highest BCUT2D eigenvalue weighted by molar-refractivity contribution is 5.83. The summed E-state index contributed by atoms with van der Waals surface area (Å²) in [5, 5.41) is 8.40. The van der Waals surface area contributed by atoms with Gasteiger partial charge in [-0.1, -0.05) is 0 Å². The van der Waals surface area contributed by atoms with Crippen LogP contribution in [-0.4, -0.2) is 42.1 Å². The number of rotatable bonds is 6. The fraction of sp³-hybridized carbons (Fsp3) is 0.316. The second-order valence-electron chi connectivity index (χ2n) is 6.72. The topological polar surface area (TPSA) is 86.7 Å². The number of ether oxygens (including phenoxy) is 1. The van der Waals surface area contributed by atoms with Crippen LogP contribution in [0, 0.1) is 12.7 Å². The molecule has 4 aromatic heterocycles. The summed E-state index contributed by atoms with van der Waals surface area (Å²) in [5.74, 6) is -0.583. The van der Waals surface area contributed by atoms with Crippen LogP contribution in [0.1, 0.15) is 35.5 Å². The molecule has 0 radical (unpaired) electrons. The SMILES string of the molecule is CO[C@@H](C)c1c(CC(=O)Cc2cc(F)c3ncnn3c2)cnc2cc(C)nn12. The Labute approximate surface area is 160 Å². The molecule has 9 heteroatoms. The summed E-state index contributed by atoms with van der Waals surface area (Å²) >= 11 is 0. The molecular weight excluding hydrogens is 363 g/mol. The maximum atomic E-state index is 14.1. The van der Waals surface area contributed by atoms with Crippen LogP contribution in [0.5, 0.6) is 0 Å². The summed E-state index contributed by atoms with van der Waals surface area (Å²) in [5.41, 5.74) is 3.72. The van der Waals surface area contributed by atoms with E-state index in [0.29, 0.717) is 11.2 Å². The number of nitrogens with zero attached hydrogens (tertiary/aromatic N) is 6. The van der Waals surface area contributed by atoms with Crippen LogP contribution in [0.4, 0.5) is 4.39 Å². The van der Waals surface area contributed by atoms with Crippen LogP contribution in [0.2, 0.25) is 0 Å². The molecule has 0 bridgehead atoms. The molecule has 0 amide bonds. The average Bonchev–Trinajstić information content (AvgIpc) is 3.26. The molecule has 0 fully saturated rings. The van der Waals surface area contributed by atoms with Gasteiger partial charge in [-0.05, 0) is 25.5 Å². The Morgan fingerprint density at radius 1 is 1.29 bits per heavy atom. The molecule has 28 heavy (non-hydrogen) atoms. The number of aromatic nitrogens is 6. The summed E-state index contributed by atoms with van der Waals surface area (Å²) in [4.78, 5) is 20.9. The zero-order valence-corrected chi connectivity index (χ0v) is 15.8. The summed E-state index contributed by atoms with van der Waals surface area (Å²) in [6.45, 7) is 3.78. The van der Waals surface area contributed by atoms with Gasteiger partial charge < -0.3 is 4.74 Å².